The van der Waals surface area contributed by atoms with Crippen LogP contribution in [0, 0.1) is 6.33 Å². The molecule has 0 amide bonds. The Morgan fingerprint density at radius 1 is 1.40 bits per heavy atom. The summed E-state index contributed by atoms with van der Waals surface area (Å²) in [4.78, 5) is 3.86. The van der Waals surface area contributed by atoms with Crippen LogP contribution in [0.4, 0.5) is 13.2 Å². The number of hydrogen-bond donors (Lipinski definition) is 0. The van der Waals surface area contributed by atoms with Gasteiger partial charge in [0.05, 0.1) is 11.1 Å². The number of imidazole rings is 1. The molecule has 2 rings (SSSR count). The number of benzene rings is 1. The van der Waals surface area contributed by atoms with Gasteiger partial charge >= 0.3 is 6.18 Å². The Hall–Kier alpha value is -1.04. The molecule has 15 heavy (non-hydrogen) atoms. The number of nitrogens with zero attached hydrogens (tertiary/aromatic N) is 2. The predicted molar refractivity (Wildman–Crippen MR) is 52.3 cm³/mol. The molecule has 0 bridgehead atoms. The zero-order chi connectivity index (χ0) is 11.2. The molecule has 79 valence electrons. The van der Waals surface area contributed by atoms with E-state index in [1.807, 2.05) is 0 Å². The number of alkyl halides is 3. The van der Waals surface area contributed by atoms with E-state index in [0.717, 1.165) is 12.1 Å². The summed E-state index contributed by atoms with van der Waals surface area (Å²) in [7, 11) is 1.60. The Kier molecular flexibility index (Phi) is 2.26. The maximum Gasteiger partial charge on any atom is 0.416 e. The van der Waals surface area contributed by atoms with Crippen molar-refractivity contribution in [2.24, 2.45) is 7.05 Å². The van der Waals surface area contributed by atoms with Gasteiger partial charge < -0.3 is 4.57 Å². The standard InChI is InChI=1S/C9H5BrF3N2/c1-15-4-14-8-6(10)2-5(3-7(8)15)9(11,12)13/h2-3H,1H3. The van der Waals surface area contributed by atoms with E-state index in [4.69, 9.17) is 0 Å². The van der Waals surface area contributed by atoms with Gasteiger partial charge in [-0.15, -0.1) is 0 Å². The van der Waals surface area contributed by atoms with Crippen molar-refractivity contribution >= 4 is 27.0 Å². The van der Waals surface area contributed by atoms with E-state index >= 15 is 0 Å². The Morgan fingerprint density at radius 3 is 2.67 bits per heavy atom. The van der Waals surface area contributed by atoms with Crippen molar-refractivity contribution in [1.29, 1.82) is 0 Å². The first-order chi connectivity index (χ1) is 6.89. The van der Waals surface area contributed by atoms with Gasteiger partial charge in [-0.2, -0.15) is 13.2 Å². The molecule has 0 atom stereocenters. The van der Waals surface area contributed by atoms with Crippen LogP contribution in [0.3, 0.4) is 0 Å². The van der Waals surface area contributed by atoms with Crippen molar-refractivity contribution in [2.75, 3.05) is 0 Å². The molecule has 1 aromatic heterocycles. The second kappa shape index (κ2) is 3.23. The van der Waals surface area contributed by atoms with Gasteiger partial charge in [-0.1, -0.05) is 0 Å². The summed E-state index contributed by atoms with van der Waals surface area (Å²) in [5, 5.41) is 0. The van der Waals surface area contributed by atoms with Crippen LogP contribution in [0.2, 0.25) is 0 Å². The molecule has 1 radical (unpaired) electrons. The zero-order valence-corrected chi connectivity index (χ0v) is 9.15. The molecule has 0 unspecified atom stereocenters. The Bertz CT molecular complexity index is 516. The van der Waals surface area contributed by atoms with Crippen LogP contribution < -0.4 is 0 Å². The first kappa shape index (κ1) is 10.5. The van der Waals surface area contributed by atoms with Crippen LogP contribution in [0.25, 0.3) is 11.0 Å². The molecule has 0 saturated heterocycles. The highest BCUT2D eigenvalue weighted by atomic mass is 79.9. The maximum absolute atomic E-state index is 12.5. The largest absolute Gasteiger partial charge is 0.416 e. The topological polar surface area (TPSA) is 17.8 Å². The van der Waals surface area contributed by atoms with Crippen molar-refractivity contribution in [3.63, 3.8) is 0 Å². The lowest BCUT2D eigenvalue weighted by Gasteiger charge is -2.07. The van der Waals surface area contributed by atoms with Crippen molar-refractivity contribution in [1.82, 2.24) is 9.55 Å². The molecule has 0 aliphatic heterocycles. The van der Waals surface area contributed by atoms with E-state index in [9.17, 15) is 13.2 Å². The van der Waals surface area contributed by atoms with Crippen molar-refractivity contribution in [2.45, 2.75) is 6.18 Å². The molecule has 0 aliphatic rings. The fraction of sp³-hybridized carbons (Fsp3) is 0.222. The minimum Gasteiger partial charge on any atom is -0.324 e. The van der Waals surface area contributed by atoms with Crippen LogP contribution in [0.1, 0.15) is 5.56 Å². The summed E-state index contributed by atoms with van der Waals surface area (Å²) >= 11 is 3.06. The van der Waals surface area contributed by atoms with Gasteiger partial charge in [-0.3, -0.25) is 0 Å². The molecule has 0 saturated carbocycles. The lowest BCUT2D eigenvalue weighted by molar-refractivity contribution is -0.137. The number of aryl methyl sites for hydroxylation is 1. The first-order valence-electron chi connectivity index (χ1n) is 4.00. The SMILES string of the molecule is Cn1[c]nc2c(Br)cc(C(F)(F)F)cc21. The first-order valence-corrected chi connectivity index (χ1v) is 4.80. The summed E-state index contributed by atoms with van der Waals surface area (Å²) < 4.78 is 39.2. The van der Waals surface area contributed by atoms with Gasteiger partial charge in [0.1, 0.15) is 5.52 Å². The summed E-state index contributed by atoms with van der Waals surface area (Å²) in [6.45, 7) is 0. The minimum absolute atomic E-state index is 0.323. The molecule has 0 spiro atoms. The molecule has 2 aromatic rings. The summed E-state index contributed by atoms with van der Waals surface area (Å²) in [6.07, 6.45) is -1.78. The highest BCUT2D eigenvalue weighted by Gasteiger charge is 2.31. The third-order valence-corrected chi connectivity index (χ3v) is 2.65. The molecule has 1 heterocycles. The maximum atomic E-state index is 12.5. The Balaban J connectivity index is 2.76. The summed E-state index contributed by atoms with van der Waals surface area (Å²) in [5.41, 5.74) is 0.182. The number of aromatic nitrogens is 2. The quantitative estimate of drug-likeness (QED) is 0.723. The third kappa shape index (κ3) is 1.73. The smallest absolute Gasteiger partial charge is 0.324 e. The molecule has 2 nitrogen and oxygen atoms in total. The van der Waals surface area contributed by atoms with E-state index in [1.165, 1.54) is 4.57 Å². The molecule has 0 N–H and O–H groups in total. The van der Waals surface area contributed by atoms with Crippen LogP contribution in [-0.2, 0) is 13.2 Å². The molecule has 0 fully saturated rings. The van der Waals surface area contributed by atoms with Crippen molar-refractivity contribution in [3.8, 4) is 0 Å². The minimum atomic E-state index is -4.35. The van der Waals surface area contributed by atoms with Crippen molar-refractivity contribution in [3.05, 3.63) is 28.5 Å². The van der Waals surface area contributed by atoms with Crippen LogP contribution in [-0.4, -0.2) is 9.55 Å². The lowest BCUT2D eigenvalue weighted by Crippen LogP contribution is -2.05. The number of halogens is 4. The van der Waals surface area contributed by atoms with Gasteiger partial charge in [-0.25, -0.2) is 4.98 Å². The van der Waals surface area contributed by atoms with E-state index in [1.54, 1.807) is 7.05 Å². The van der Waals surface area contributed by atoms with Gasteiger partial charge in [-0.05, 0) is 28.1 Å². The number of hydrogen-bond acceptors (Lipinski definition) is 1. The highest BCUT2D eigenvalue weighted by molar-refractivity contribution is 9.10. The number of fused-ring (bicyclic) bond motifs is 1. The molecular weight excluding hydrogens is 273 g/mol. The average Bonchev–Trinajstić information content (AvgIpc) is 2.47. The fourth-order valence-electron chi connectivity index (χ4n) is 1.29. The van der Waals surface area contributed by atoms with E-state index in [2.05, 4.69) is 27.2 Å². The predicted octanol–water partition coefficient (Wildman–Crippen LogP) is 3.15. The average molecular weight is 278 g/mol. The van der Waals surface area contributed by atoms with Gasteiger partial charge in [0.2, 0.25) is 0 Å². The van der Waals surface area contributed by atoms with E-state index in [0.29, 0.717) is 15.5 Å². The monoisotopic (exact) mass is 277 g/mol. The molecular formula is C9H5BrF3N2. The summed E-state index contributed by atoms with van der Waals surface area (Å²) in [5.74, 6) is 0. The molecule has 1 aromatic carbocycles. The lowest BCUT2D eigenvalue weighted by atomic mass is 10.2. The second-order valence-corrected chi connectivity index (χ2v) is 3.95. The van der Waals surface area contributed by atoms with Gasteiger partial charge in [0.15, 0.2) is 6.33 Å². The molecule has 0 aliphatic carbocycles. The van der Waals surface area contributed by atoms with Gasteiger partial charge in [0, 0.05) is 11.5 Å². The van der Waals surface area contributed by atoms with E-state index in [-0.39, 0.29) is 0 Å². The van der Waals surface area contributed by atoms with Gasteiger partial charge in [0.25, 0.3) is 0 Å². The van der Waals surface area contributed by atoms with Crippen LogP contribution in [0.15, 0.2) is 16.6 Å². The Labute approximate surface area is 91.8 Å². The second-order valence-electron chi connectivity index (χ2n) is 3.09. The van der Waals surface area contributed by atoms with Crippen molar-refractivity contribution < 1.29 is 13.2 Å². The Morgan fingerprint density at radius 2 is 2.07 bits per heavy atom. The third-order valence-electron chi connectivity index (χ3n) is 2.04. The van der Waals surface area contributed by atoms with Crippen LogP contribution >= 0.6 is 15.9 Å². The normalized spacial score (nSPS) is 12.3. The highest BCUT2D eigenvalue weighted by Crippen LogP contribution is 2.34. The van der Waals surface area contributed by atoms with Crippen LogP contribution in [0.5, 0.6) is 0 Å². The number of rotatable bonds is 0. The zero-order valence-electron chi connectivity index (χ0n) is 7.56. The molecule has 6 heteroatoms. The van der Waals surface area contributed by atoms with E-state index < -0.39 is 11.7 Å². The fourth-order valence-corrected chi connectivity index (χ4v) is 1.83. The summed E-state index contributed by atoms with van der Waals surface area (Å²) in [6, 6.07) is 2.08.